The summed E-state index contributed by atoms with van der Waals surface area (Å²) in [5, 5.41) is 17.7. The summed E-state index contributed by atoms with van der Waals surface area (Å²) < 4.78 is 9.67. The molecule has 0 saturated heterocycles. The van der Waals surface area contributed by atoms with Gasteiger partial charge >= 0.3 is 17.9 Å². The molecule has 0 radical (unpaired) electrons. The van der Waals surface area contributed by atoms with Crippen molar-refractivity contribution in [1.82, 2.24) is 0 Å². The maximum absolute atomic E-state index is 11.6. The quantitative estimate of drug-likeness (QED) is 0.676. The van der Waals surface area contributed by atoms with Gasteiger partial charge in [-0.05, 0) is 20.8 Å². The van der Waals surface area contributed by atoms with Crippen molar-refractivity contribution in [3.05, 3.63) is 0 Å². The number of carbonyl (C=O) groups is 3. The van der Waals surface area contributed by atoms with Crippen LogP contribution >= 0.6 is 0 Å². The van der Waals surface area contributed by atoms with Crippen molar-refractivity contribution in [2.45, 2.75) is 44.8 Å². The maximum atomic E-state index is 11.6. The summed E-state index contributed by atoms with van der Waals surface area (Å²) in [4.78, 5) is 33.3. The molecule has 0 amide bonds. The molecule has 0 spiro atoms. The minimum atomic E-state index is -2.10. The van der Waals surface area contributed by atoms with Gasteiger partial charge in [-0.2, -0.15) is 0 Å². The molecule has 0 rings (SSSR count). The Hall–Kier alpha value is -1.63. The lowest BCUT2D eigenvalue weighted by Crippen LogP contribution is -2.45. The second-order valence-corrected chi connectivity index (χ2v) is 4.84. The van der Waals surface area contributed by atoms with Crippen molar-refractivity contribution >= 4 is 17.9 Å². The van der Waals surface area contributed by atoms with Gasteiger partial charge in [0.05, 0.1) is 12.8 Å². The van der Waals surface area contributed by atoms with Crippen LogP contribution in [0, 0.1) is 0 Å². The molecule has 0 heterocycles. The molecule has 7 heteroatoms. The van der Waals surface area contributed by atoms with Crippen LogP contribution in [-0.4, -0.2) is 46.4 Å². The van der Waals surface area contributed by atoms with E-state index < -0.39 is 42.0 Å². The van der Waals surface area contributed by atoms with Gasteiger partial charge in [-0.25, -0.2) is 4.79 Å². The second-order valence-electron chi connectivity index (χ2n) is 4.84. The van der Waals surface area contributed by atoms with Gasteiger partial charge in [-0.1, -0.05) is 0 Å². The van der Waals surface area contributed by atoms with Crippen LogP contribution in [-0.2, 0) is 23.9 Å². The molecule has 104 valence electrons. The Morgan fingerprint density at radius 3 is 1.83 bits per heavy atom. The first-order valence-corrected chi connectivity index (χ1v) is 5.24. The number of esters is 1. The van der Waals surface area contributed by atoms with Gasteiger partial charge in [-0.15, -0.1) is 0 Å². The number of rotatable bonds is 6. The average molecular weight is 262 g/mol. The minimum Gasteiger partial charge on any atom is -0.481 e. The van der Waals surface area contributed by atoms with Crippen LogP contribution in [0.1, 0.15) is 33.6 Å². The molecule has 0 aliphatic carbocycles. The molecular formula is C11H18O7. The van der Waals surface area contributed by atoms with E-state index in [-0.39, 0.29) is 0 Å². The Kier molecular flexibility index (Phi) is 5.29. The zero-order valence-electron chi connectivity index (χ0n) is 10.8. The topological polar surface area (TPSA) is 110 Å². The lowest BCUT2D eigenvalue weighted by Gasteiger charge is -2.27. The zero-order valence-corrected chi connectivity index (χ0v) is 10.8. The summed E-state index contributed by atoms with van der Waals surface area (Å²) in [6.45, 7) is 4.87. The molecule has 2 N–H and O–H groups in total. The van der Waals surface area contributed by atoms with Gasteiger partial charge in [0, 0.05) is 7.11 Å². The average Bonchev–Trinajstić information content (AvgIpc) is 2.12. The fourth-order valence-corrected chi connectivity index (χ4v) is 1.30. The zero-order chi connectivity index (χ0) is 14.6. The summed E-state index contributed by atoms with van der Waals surface area (Å²) >= 11 is 0. The molecule has 18 heavy (non-hydrogen) atoms. The predicted molar refractivity (Wildman–Crippen MR) is 60.1 cm³/mol. The van der Waals surface area contributed by atoms with Crippen molar-refractivity contribution in [3.63, 3.8) is 0 Å². The Bertz CT molecular complexity index is 342. The number of hydrogen-bond donors (Lipinski definition) is 2. The molecule has 0 bridgehead atoms. The van der Waals surface area contributed by atoms with Gasteiger partial charge in [0.1, 0.15) is 5.60 Å². The monoisotopic (exact) mass is 262 g/mol. The molecule has 7 nitrogen and oxygen atoms in total. The van der Waals surface area contributed by atoms with Crippen LogP contribution in [0.2, 0.25) is 0 Å². The molecule has 0 aromatic rings. The molecule has 1 atom stereocenters. The van der Waals surface area contributed by atoms with Gasteiger partial charge in [0.2, 0.25) is 0 Å². The molecule has 0 saturated carbocycles. The van der Waals surface area contributed by atoms with E-state index in [0.29, 0.717) is 0 Å². The van der Waals surface area contributed by atoms with E-state index in [2.05, 4.69) is 0 Å². The third-order valence-electron chi connectivity index (χ3n) is 2.07. The first-order chi connectivity index (χ1) is 8.02. The molecule has 1 unspecified atom stereocenters. The van der Waals surface area contributed by atoms with E-state index in [9.17, 15) is 14.4 Å². The fraction of sp³-hybridized carbons (Fsp3) is 0.727. The van der Waals surface area contributed by atoms with Crippen molar-refractivity contribution in [1.29, 1.82) is 0 Å². The molecular weight excluding hydrogens is 244 g/mol. The first-order valence-electron chi connectivity index (χ1n) is 5.24. The summed E-state index contributed by atoms with van der Waals surface area (Å²) in [7, 11) is 1.04. The van der Waals surface area contributed by atoms with Gasteiger partial charge in [0.25, 0.3) is 0 Å². The Labute approximate surface area is 105 Å². The molecule has 0 aliphatic heterocycles. The summed E-state index contributed by atoms with van der Waals surface area (Å²) in [5.41, 5.74) is -2.88. The van der Waals surface area contributed by atoms with Crippen molar-refractivity contribution < 1.29 is 34.1 Å². The fourth-order valence-electron chi connectivity index (χ4n) is 1.30. The number of carboxylic acid groups (broad SMARTS) is 2. The molecule has 0 aromatic heterocycles. The van der Waals surface area contributed by atoms with Crippen LogP contribution in [0.25, 0.3) is 0 Å². The lowest BCUT2D eigenvalue weighted by molar-refractivity contribution is -0.179. The predicted octanol–water partition coefficient (Wildman–Crippen LogP) is 0.663. The smallest absolute Gasteiger partial charge is 0.337 e. The van der Waals surface area contributed by atoms with Crippen molar-refractivity contribution in [3.8, 4) is 0 Å². The third-order valence-corrected chi connectivity index (χ3v) is 2.07. The molecule has 0 aliphatic rings. The lowest BCUT2D eigenvalue weighted by atomic mass is 9.95. The Morgan fingerprint density at radius 1 is 1.06 bits per heavy atom. The Balaban J connectivity index is 4.95. The van der Waals surface area contributed by atoms with E-state index in [0.717, 1.165) is 7.11 Å². The van der Waals surface area contributed by atoms with Crippen LogP contribution in [0.4, 0.5) is 0 Å². The van der Waals surface area contributed by atoms with E-state index in [4.69, 9.17) is 19.7 Å². The van der Waals surface area contributed by atoms with Crippen LogP contribution in [0.15, 0.2) is 0 Å². The van der Waals surface area contributed by atoms with E-state index in [1.807, 2.05) is 0 Å². The number of hydrogen-bond acceptors (Lipinski definition) is 5. The Morgan fingerprint density at radius 2 is 1.56 bits per heavy atom. The van der Waals surface area contributed by atoms with E-state index >= 15 is 0 Å². The normalized spacial score (nSPS) is 14.7. The van der Waals surface area contributed by atoms with Gasteiger partial charge in [-0.3, -0.25) is 9.59 Å². The molecule has 0 aromatic carbocycles. The van der Waals surface area contributed by atoms with E-state index in [1.54, 1.807) is 20.8 Å². The first kappa shape index (κ1) is 16.4. The van der Waals surface area contributed by atoms with Crippen LogP contribution < -0.4 is 0 Å². The van der Waals surface area contributed by atoms with E-state index in [1.165, 1.54) is 0 Å². The summed E-state index contributed by atoms with van der Waals surface area (Å²) in [5.74, 6) is -3.71. The van der Waals surface area contributed by atoms with Crippen LogP contribution in [0.5, 0.6) is 0 Å². The van der Waals surface area contributed by atoms with Crippen LogP contribution in [0.3, 0.4) is 0 Å². The van der Waals surface area contributed by atoms with Gasteiger partial charge in [0.15, 0.2) is 5.60 Å². The van der Waals surface area contributed by atoms with Gasteiger partial charge < -0.3 is 19.7 Å². The molecule has 0 fully saturated rings. The number of carbonyl (C=O) groups excluding carboxylic acids is 1. The van der Waals surface area contributed by atoms with Crippen molar-refractivity contribution in [2.24, 2.45) is 0 Å². The summed E-state index contributed by atoms with van der Waals surface area (Å²) in [6, 6.07) is 0. The number of methoxy groups -OCH3 is 1. The highest BCUT2D eigenvalue weighted by molar-refractivity contribution is 5.88. The second kappa shape index (κ2) is 5.81. The maximum Gasteiger partial charge on any atom is 0.337 e. The van der Waals surface area contributed by atoms with Crippen molar-refractivity contribution in [2.75, 3.05) is 7.11 Å². The highest BCUT2D eigenvalue weighted by Crippen LogP contribution is 2.23. The highest BCUT2D eigenvalue weighted by Gasteiger charge is 2.44. The largest absolute Gasteiger partial charge is 0.481 e. The summed E-state index contributed by atoms with van der Waals surface area (Å²) in [6.07, 6.45) is -1.49. The minimum absolute atomic E-state index is 0.664. The highest BCUT2D eigenvalue weighted by atomic mass is 16.6. The third kappa shape index (κ3) is 5.13. The number of aliphatic carboxylic acids is 2. The number of carboxylic acids is 2. The standard InChI is InChI=1S/C11H18O7/c1-10(2,3)18-8(14)6-11(17-4,9(15)16)5-7(12)13/h5-6H2,1-4H3,(H,12,13)(H,15,16). The number of ether oxygens (including phenoxy) is 2. The SMILES string of the molecule is COC(CC(=O)O)(CC(=O)OC(C)(C)C)C(=O)O.